The van der Waals surface area contributed by atoms with Gasteiger partial charge in [0.1, 0.15) is 24.1 Å². The van der Waals surface area contributed by atoms with Gasteiger partial charge in [-0.3, -0.25) is 0 Å². The molecule has 10 heteroatoms. The number of nitrogens with two attached hydrogens (primary N) is 1. The van der Waals surface area contributed by atoms with E-state index in [0.717, 1.165) is 47.9 Å². The number of H-pyrrole nitrogens is 1. The molecule has 4 atom stereocenters. The summed E-state index contributed by atoms with van der Waals surface area (Å²) >= 11 is 0. The van der Waals surface area contributed by atoms with E-state index in [1.54, 1.807) is 17.0 Å². The number of aliphatic hydroxyl groups is 2. The van der Waals surface area contributed by atoms with Crippen molar-refractivity contribution < 1.29 is 14.9 Å². The van der Waals surface area contributed by atoms with E-state index < -0.39 is 24.5 Å². The molecule has 10 nitrogen and oxygen atoms in total. The van der Waals surface area contributed by atoms with E-state index in [1.165, 1.54) is 18.4 Å². The van der Waals surface area contributed by atoms with Crippen molar-refractivity contribution in [2.75, 3.05) is 19.3 Å². The number of benzene rings is 1. The van der Waals surface area contributed by atoms with Gasteiger partial charge in [0.05, 0.1) is 22.7 Å². The minimum Gasteiger partial charge on any atom is -0.387 e. The monoisotopic (exact) mass is 519 g/mol. The van der Waals surface area contributed by atoms with Gasteiger partial charge in [0.25, 0.3) is 0 Å². The number of unbranched alkanes of at least 4 members (excludes halogenated alkanes) is 1. The first-order valence-corrected chi connectivity index (χ1v) is 13.7. The second-order valence-corrected chi connectivity index (χ2v) is 11.1. The Kier molecular flexibility index (Phi) is 6.81. The van der Waals surface area contributed by atoms with Crippen LogP contribution in [0, 0.1) is 5.92 Å². The van der Waals surface area contributed by atoms with Crippen LogP contribution in [0.1, 0.15) is 50.2 Å². The topological polar surface area (TPSA) is 138 Å². The second-order valence-electron chi connectivity index (χ2n) is 11.1. The lowest BCUT2D eigenvalue weighted by Crippen LogP contribution is -2.48. The third-order valence-electron chi connectivity index (χ3n) is 8.39. The van der Waals surface area contributed by atoms with Gasteiger partial charge in [0.15, 0.2) is 12.0 Å². The average molecular weight is 520 g/mol. The van der Waals surface area contributed by atoms with E-state index >= 15 is 0 Å². The zero-order chi connectivity index (χ0) is 26.4. The fraction of sp³-hybridized carbons (Fsp3) is 0.536. The zero-order valence-electron chi connectivity index (χ0n) is 22.0. The summed E-state index contributed by atoms with van der Waals surface area (Å²) in [4.78, 5) is 10.6. The molecule has 1 saturated heterocycles. The minimum atomic E-state index is -1.05. The molecule has 0 spiro atoms. The maximum Gasteiger partial charge on any atom is 0.163 e. The lowest BCUT2D eigenvalue weighted by Gasteiger charge is -2.42. The molecule has 1 aliphatic carbocycles. The number of anilines is 1. The molecule has 0 amide bonds. The summed E-state index contributed by atoms with van der Waals surface area (Å²) in [5, 5.41) is 30.1. The quantitative estimate of drug-likeness (QED) is 0.265. The maximum atomic E-state index is 10.8. The first kappa shape index (κ1) is 25.2. The predicted molar refractivity (Wildman–Crippen MR) is 145 cm³/mol. The highest BCUT2D eigenvalue weighted by atomic mass is 16.6. The van der Waals surface area contributed by atoms with E-state index in [1.807, 2.05) is 6.07 Å². The molecular weight excluding hydrogens is 482 g/mol. The van der Waals surface area contributed by atoms with Crippen molar-refractivity contribution in [2.24, 2.45) is 5.92 Å². The summed E-state index contributed by atoms with van der Waals surface area (Å²) in [6, 6.07) is 8.81. The van der Waals surface area contributed by atoms with Gasteiger partial charge >= 0.3 is 0 Å². The summed E-state index contributed by atoms with van der Waals surface area (Å²) in [5.41, 5.74) is 10.2. The van der Waals surface area contributed by atoms with Crippen LogP contribution in [0.3, 0.4) is 0 Å². The van der Waals surface area contributed by atoms with Gasteiger partial charge < -0.3 is 35.1 Å². The van der Waals surface area contributed by atoms with Crippen molar-refractivity contribution in [3.63, 3.8) is 0 Å². The number of ether oxygens (including phenoxy) is 1. The molecule has 1 aromatic carbocycles. The predicted octanol–water partition coefficient (Wildman–Crippen LogP) is 2.80. The smallest absolute Gasteiger partial charge is 0.163 e. The molecule has 2 aliphatic rings. The number of fused-ring (bicyclic) bond motifs is 2. The van der Waals surface area contributed by atoms with E-state index in [0.29, 0.717) is 29.8 Å². The fourth-order valence-corrected chi connectivity index (χ4v) is 6.02. The SMILES string of the molecule is CCCCc1ccc2nc(CC3CC(N(C)CC4O[C@@H](n5ccc6c(N)nncc65)[C@H](O)[C@@H]4O)C3)[nH]c2c1. The molecule has 0 radical (unpaired) electrons. The first-order chi connectivity index (χ1) is 18.4. The van der Waals surface area contributed by atoms with Gasteiger partial charge in [0, 0.05) is 30.6 Å². The summed E-state index contributed by atoms with van der Waals surface area (Å²) in [6.45, 7) is 2.76. The third kappa shape index (κ3) is 4.66. The minimum absolute atomic E-state index is 0.324. The van der Waals surface area contributed by atoms with Gasteiger partial charge in [-0.25, -0.2) is 4.98 Å². The molecular formula is C28H37N7O3. The van der Waals surface area contributed by atoms with Crippen LogP contribution in [-0.4, -0.2) is 77.8 Å². The van der Waals surface area contributed by atoms with Crippen LogP contribution in [0.4, 0.5) is 5.82 Å². The lowest BCUT2D eigenvalue weighted by molar-refractivity contribution is -0.0508. The maximum absolute atomic E-state index is 10.8. The first-order valence-electron chi connectivity index (χ1n) is 13.7. The number of nitrogens with zero attached hydrogens (tertiary/aromatic N) is 5. The van der Waals surface area contributed by atoms with Crippen molar-refractivity contribution in [3.05, 3.63) is 48.0 Å². The molecule has 3 aromatic heterocycles. The van der Waals surface area contributed by atoms with Crippen LogP contribution in [0.15, 0.2) is 36.7 Å². The van der Waals surface area contributed by atoms with E-state index in [9.17, 15) is 10.2 Å². The zero-order valence-corrected chi connectivity index (χ0v) is 22.0. The van der Waals surface area contributed by atoms with E-state index in [-0.39, 0.29) is 0 Å². The van der Waals surface area contributed by atoms with Crippen LogP contribution in [-0.2, 0) is 17.6 Å². The number of hydrogen-bond acceptors (Lipinski definition) is 8. The summed E-state index contributed by atoms with van der Waals surface area (Å²) in [7, 11) is 2.07. The van der Waals surface area contributed by atoms with Crippen molar-refractivity contribution in [1.82, 2.24) is 29.6 Å². The van der Waals surface area contributed by atoms with Crippen molar-refractivity contribution in [3.8, 4) is 0 Å². The van der Waals surface area contributed by atoms with Gasteiger partial charge in [-0.1, -0.05) is 19.4 Å². The molecule has 1 saturated carbocycles. The van der Waals surface area contributed by atoms with Gasteiger partial charge in [-0.15, -0.1) is 5.10 Å². The fourth-order valence-electron chi connectivity index (χ4n) is 6.02. The molecule has 0 bridgehead atoms. The Bertz CT molecular complexity index is 1410. The lowest BCUT2D eigenvalue weighted by atomic mass is 9.77. The molecule has 6 rings (SSSR count). The number of aliphatic hydroxyl groups excluding tert-OH is 2. The Balaban J connectivity index is 1.03. The number of aromatic nitrogens is 5. The number of imidazole rings is 1. The number of aromatic amines is 1. The van der Waals surface area contributed by atoms with Crippen molar-refractivity contribution >= 4 is 27.8 Å². The van der Waals surface area contributed by atoms with Crippen LogP contribution in [0.2, 0.25) is 0 Å². The number of rotatable bonds is 9. The summed E-state index contributed by atoms with van der Waals surface area (Å²) in [6.07, 6.45) is 6.74. The Morgan fingerprint density at radius 3 is 2.87 bits per heavy atom. The molecule has 4 aromatic rings. The van der Waals surface area contributed by atoms with Crippen LogP contribution >= 0.6 is 0 Å². The van der Waals surface area contributed by atoms with E-state index in [2.05, 4.69) is 52.3 Å². The number of nitrogen functional groups attached to an aromatic ring is 1. The van der Waals surface area contributed by atoms with Crippen LogP contribution < -0.4 is 5.73 Å². The molecule has 1 aliphatic heterocycles. The largest absolute Gasteiger partial charge is 0.387 e. The van der Waals surface area contributed by atoms with Gasteiger partial charge in [0.2, 0.25) is 0 Å². The van der Waals surface area contributed by atoms with Crippen LogP contribution in [0.5, 0.6) is 0 Å². The Morgan fingerprint density at radius 1 is 1.21 bits per heavy atom. The highest BCUT2D eigenvalue weighted by molar-refractivity contribution is 5.88. The van der Waals surface area contributed by atoms with Gasteiger partial charge in [-0.05, 0) is 62.4 Å². The standard InChI is InChI=1S/C28H37N7O3/c1-3-4-5-16-6-7-20-21(12-16)32-24(31-20)13-17-10-18(11-17)34(2)15-23-25(36)26(37)28(38-23)35-9-8-19-22(35)14-30-33-27(19)29/h6-9,12,14,17-18,23,25-26,28,36-37H,3-5,10-11,13,15H2,1-2H3,(H2,29,33)(H,31,32)/t17?,18?,23?,25-,26-,28-/m1/s1. The summed E-state index contributed by atoms with van der Waals surface area (Å²) in [5.74, 6) is 1.96. The van der Waals surface area contributed by atoms with Crippen molar-refractivity contribution in [1.29, 1.82) is 0 Å². The normalized spacial score (nSPS) is 27.5. The van der Waals surface area contributed by atoms with Crippen LogP contribution in [0.25, 0.3) is 21.9 Å². The molecule has 1 unspecified atom stereocenters. The Labute approximate surface area is 221 Å². The number of likely N-dealkylation sites (N-methyl/N-ethyl adjacent to an activating group) is 1. The molecule has 5 N–H and O–H groups in total. The molecule has 4 heterocycles. The molecule has 38 heavy (non-hydrogen) atoms. The number of hydrogen-bond donors (Lipinski definition) is 4. The van der Waals surface area contributed by atoms with E-state index in [4.69, 9.17) is 15.5 Å². The summed E-state index contributed by atoms with van der Waals surface area (Å²) < 4.78 is 7.95. The Hall–Kier alpha value is -3.05. The average Bonchev–Trinajstić information content (AvgIpc) is 3.56. The number of nitrogens with one attached hydrogen (secondary N) is 1. The highest BCUT2D eigenvalue weighted by Gasteiger charge is 2.45. The molecule has 202 valence electrons. The second kappa shape index (κ2) is 10.3. The molecule has 2 fully saturated rings. The number of aryl methyl sites for hydroxylation is 1. The highest BCUT2D eigenvalue weighted by Crippen LogP contribution is 2.37. The third-order valence-corrected chi connectivity index (χ3v) is 8.39. The van der Waals surface area contributed by atoms with Crippen molar-refractivity contribution in [2.45, 2.75) is 76.0 Å². The van der Waals surface area contributed by atoms with Gasteiger partial charge in [-0.2, -0.15) is 5.10 Å². The Morgan fingerprint density at radius 2 is 2.05 bits per heavy atom.